The van der Waals surface area contributed by atoms with E-state index in [9.17, 15) is 0 Å². The lowest BCUT2D eigenvalue weighted by Crippen LogP contribution is -2.19. The average molecular weight is 241 g/mol. The summed E-state index contributed by atoms with van der Waals surface area (Å²) in [6, 6.07) is 8.53. The zero-order chi connectivity index (χ0) is 12.4. The second-order valence-electron chi connectivity index (χ2n) is 5.17. The van der Waals surface area contributed by atoms with Gasteiger partial charge < -0.3 is 5.32 Å². The molecular formula is C15H19N3. The molecule has 1 aliphatic carbocycles. The molecule has 0 amide bonds. The summed E-state index contributed by atoms with van der Waals surface area (Å²) in [6.45, 7) is 2.23. The molecule has 0 radical (unpaired) electrons. The van der Waals surface area contributed by atoms with Crippen LogP contribution in [-0.4, -0.2) is 16.0 Å². The summed E-state index contributed by atoms with van der Waals surface area (Å²) >= 11 is 0. The van der Waals surface area contributed by atoms with Crippen LogP contribution in [0.15, 0.2) is 30.5 Å². The lowest BCUT2D eigenvalue weighted by Gasteiger charge is -2.17. The molecule has 0 aliphatic heterocycles. The molecule has 1 heterocycles. The number of aromatic nitrogens is 2. The Morgan fingerprint density at radius 2 is 2.06 bits per heavy atom. The maximum atomic E-state index is 4.62. The Balaban J connectivity index is 1.76. The minimum atomic E-state index is 0.535. The van der Waals surface area contributed by atoms with Crippen LogP contribution in [0.3, 0.4) is 0 Å². The summed E-state index contributed by atoms with van der Waals surface area (Å²) in [5.41, 5.74) is 1.92. The Labute approximate surface area is 108 Å². The van der Waals surface area contributed by atoms with E-state index in [1.807, 2.05) is 30.5 Å². The molecule has 0 bridgehead atoms. The highest BCUT2D eigenvalue weighted by atomic mass is 15.0. The number of para-hydroxylation sites is 2. The fourth-order valence-corrected chi connectivity index (χ4v) is 2.32. The molecule has 3 heteroatoms. The zero-order valence-corrected chi connectivity index (χ0v) is 10.8. The Hall–Kier alpha value is -1.64. The Kier molecular flexibility index (Phi) is 3.13. The van der Waals surface area contributed by atoms with Gasteiger partial charge in [-0.25, -0.2) is 4.98 Å². The number of benzene rings is 1. The molecule has 94 valence electrons. The van der Waals surface area contributed by atoms with Crippen molar-refractivity contribution in [1.29, 1.82) is 0 Å². The van der Waals surface area contributed by atoms with Crippen molar-refractivity contribution in [3.63, 3.8) is 0 Å². The van der Waals surface area contributed by atoms with Gasteiger partial charge in [0.15, 0.2) is 0 Å². The first kappa shape index (κ1) is 11.5. The lowest BCUT2D eigenvalue weighted by molar-refractivity contribution is 0.585. The molecule has 1 atom stereocenters. The van der Waals surface area contributed by atoms with Crippen LogP contribution in [0.5, 0.6) is 0 Å². The topological polar surface area (TPSA) is 37.8 Å². The molecule has 0 spiro atoms. The van der Waals surface area contributed by atoms with E-state index < -0.39 is 0 Å². The largest absolute Gasteiger partial charge is 0.366 e. The van der Waals surface area contributed by atoms with Crippen molar-refractivity contribution < 1.29 is 0 Å². The standard InChI is InChI=1S/C15H19N3/c1-2-12(9-11-7-8-11)17-15-10-16-13-5-3-4-6-14(13)18-15/h3-6,10-12H,2,7-9H2,1H3,(H,17,18). The minimum absolute atomic E-state index is 0.535. The van der Waals surface area contributed by atoms with Crippen molar-refractivity contribution in [3.05, 3.63) is 30.5 Å². The van der Waals surface area contributed by atoms with Crippen molar-refractivity contribution in [2.45, 2.75) is 38.6 Å². The van der Waals surface area contributed by atoms with Crippen LogP contribution >= 0.6 is 0 Å². The van der Waals surface area contributed by atoms with Crippen LogP contribution in [-0.2, 0) is 0 Å². The van der Waals surface area contributed by atoms with Crippen molar-refractivity contribution in [2.24, 2.45) is 5.92 Å². The molecule has 3 nitrogen and oxygen atoms in total. The van der Waals surface area contributed by atoms with Crippen LogP contribution < -0.4 is 5.32 Å². The molecule has 1 N–H and O–H groups in total. The fourth-order valence-electron chi connectivity index (χ4n) is 2.32. The van der Waals surface area contributed by atoms with Crippen LogP contribution in [0.1, 0.15) is 32.6 Å². The molecule has 1 aromatic heterocycles. The first-order chi connectivity index (χ1) is 8.85. The summed E-state index contributed by atoms with van der Waals surface area (Å²) in [4.78, 5) is 9.06. The average Bonchev–Trinajstić information content (AvgIpc) is 3.22. The summed E-state index contributed by atoms with van der Waals surface area (Å²) in [5, 5.41) is 3.52. The monoisotopic (exact) mass is 241 g/mol. The summed E-state index contributed by atoms with van der Waals surface area (Å²) in [7, 11) is 0. The van der Waals surface area contributed by atoms with Gasteiger partial charge in [-0.05, 0) is 30.9 Å². The highest BCUT2D eigenvalue weighted by Gasteiger charge is 2.24. The number of anilines is 1. The third kappa shape index (κ3) is 2.61. The van der Waals surface area contributed by atoms with E-state index in [2.05, 4.69) is 22.2 Å². The second kappa shape index (κ2) is 4.92. The number of rotatable bonds is 5. The predicted octanol–water partition coefficient (Wildman–Crippen LogP) is 3.62. The molecule has 2 aromatic rings. The first-order valence-electron chi connectivity index (χ1n) is 6.83. The van der Waals surface area contributed by atoms with Gasteiger partial charge in [0.05, 0.1) is 17.2 Å². The van der Waals surface area contributed by atoms with Crippen molar-refractivity contribution in [3.8, 4) is 0 Å². The van der Waals surface area contributed by atoms with E-state index in [1.54, 1.807) is 0 Å². The normalized spacial score (nSPS) is 16.7. The van der Waals surface area contributed by atoms with Gasteiger partial charge in [-0.3, -0.25) is 4.98 Å². The number of nitrogens with one attached hydrogen (secondary N) is 1. The van der Waals surface area contributed by atoms with Gasteiger partial charge >= 0.3 is 0 Å². The van der Waals surface area contributed by atoms with Crippen molar-refractivity contribution in [2.75, 3.05) is 5.32 Å². The highest BCUT2D eigenvalue weighted by Crippen LogP contribution is 2.34. The number of hydrogen-bond acceptors (Lipinski definition) is 3. The van der Waals surface area contributed by atoms with Gasteiger partial charge in [0, 0.05) is 6.04 Å². The lowest BCUT2D eigenvalue weighted by atomic mass is 10.1. The third-order valence-corrected chi connectivity index (χ3v) is 3.61. The van der Waals surface area contributed by atoms with Gasteiger partial charge in [-0.15, -0.1) is 0 Å². The Morgan fingerprint density at radius 1 is 1.28 bits per heavy atom. The van der Waals surface area contributed by atoms with E-state index in [0.29, 0.717) is 6.04 Å². The molecule has 1 saturated carbocycles. The summed E-state index contributed by atoms with van der Waals surface area (Å²) in [6.07, 6.45) is 7.07. The van der Waals surface area contributed by atoms with E-state index in [0.717, 1.165) is 29.2 Å². The molecular weight excluding hydrogens is 222 g/mol. The van der Waals surface area contributed by atoms with Gasteiger partial charge in [0.1, 0.15) is 5.82 Å². The number of hydrogen-bond donors (Lipinski definition) is 1. The number of fused-ring (bicyclic) bond motifs is 1. The third-order valence-electron chi connectivity index (χ3n) is 3.61. The minimum Gasteiger partial charge on any atom is -0.366 e. The molecule has 0 saturated heterocycles. The molecule has 18 heavy (non-hydrogen) atoms. The van der Waals surface area contributed by atoms with Crippen LogP contribution in [0.25, 0.3) is 11.0 Å². The Bertz CT molecular complexity index is 534. The van der Waals surface area contributed by atoms with Crippen LogP contribution in [0.2, 0.25) is 0 Å². The maximum Gasteiger partial charge on any atom is 0.145 e. The molecule has 1 aromatic carbocycles. The fraction of sp³-hybridized carbons (Fsp3) is 0.467. The molecule has 1 unspecified atom stereocenters. The number of nitrogens with zero attached hydrogens (tertiary/aromatic N) is 2. The predicted molar refractivity (Wildman–Crippen MR) is 74.6 cm³/mol. The quantitative estimate of drug-likeness (QED) is 0.868. The summed E-state index contributed by atoms with van der Waals surface area (Å²) < 4.78 is 0. The van der Waals surface area contributed by atoms with Crippen molar-refractivity contribution >= 4 is 16.9 Å². The second-order valence-corrected chi connectivity index (χ2v) is 5.17. The van der Waals surface area contributed by atoms with E-state index >= 15 is 0 Å². The van der Waals surface area contributed by atoms with Gasteiger partial charge in [0.2, 0.25) is 0 Å². The summed E-state index contributed by atoms with van der Waals surface area (Å²) in [5.74, 6) is 1.84. The smallest absolute Gasteiger partial charge is 0.145 e. The highest BCUT2D eigenvalue weighted by molar-refractivity contribution is 5.75. The van der Waals surface area contributed by atoms with E-state index in [4.69, 9.17) is 0 Å². The van der Waals surface area contributed by atoms with Crippen molar-refractivity contribution in [1.82, 2.24) is 9.97 Å². The first-order valence-corrected chi connectivity index (χ1v) is 6.83. The SMILES string of the molecule is CCC(CC1CC1)Nc1cnc2ccccc2n1. The zero-order valence-electron chi connectivity index (χ0n) is 10.8. The van der Waals surface area contributed by atoms with E-state index in [-0.39, 0.29) is 0 Å². The van der Waals surface area contributed by atoms with Gasteiger partial charge in [-0.1, -0.05) is 31.9 Å². The molecule has 1 aliphatic rings. The van der Waals surface area contributed by atoms with E-state index in [1.165, 1.54) is 19.3 Å². The molecule has 3 rings (SSSR count). The molecule has 1 fully saturated rings. The van der Waals surface area contributed by atoms with Crippen LogP contribution in [0, 0.1) is 5.92 Å². The van der Waals surface area contributed by atoms with Gasteiger partial charge in [0.25, 0.3) is 0 Å². The van der Waals surface area contributed by atoms with Crippen LogP contribution in [0.4, 0.5) is 5.82 Å². The van der Waals surface area contributed by atoms with Gasteiger partial charge in [-0.2, -0.15) is 0 Å². The maximum absolute atomic E-state index is 4.62. The Morgan fingerprint density at radius 3 is 2.78 bits per heavy atom.